The van der Waals surface area contributed by atoms with Gasteiger partial charge in [0.2, 0.25) is 5.91 Å². The molecular formula is C15H22N4O2. The first kappa shape index (κ1) is 14.3. The summed E-state index contributed by atoms with van der Waals surface area (Å²) in [5.74, 6) is 0.820. The maximum absolute atomic E-state index is 12.2. The number of anilines is 2. The molecule has 2 aliphatic rings. The van der Waals surface area contributed by atoms with Crippen LogP contribution in [-0.4, -0.2) is 42.7 Å². The first-order valence-electron chi connectivity index (χ1n) is 7.56. The summed E-state index contributed by atoms with van der Waals surface area (Å²) in [7, 11) is 0. The van der Waals surface area contributed by atoms with Gasteiger partial charge < -0.3 is 20.7 Å². The van der Waals surface area contributed by atoms with Gasteiger partial charge in [0.05, 0.1) is 30.6 Å². The Morgan fingerprint density at radius 1 is 1.29 bits per heavy atom. The maximum Gasteiger partial charge on any atom is 0.244 e. The number of hydrogen-bond acceptors (Lipinski definition) is 5. The SMILES string of the molecule is NC1(C(=O)Nc2ccc(N3CCOCC3)nc2)CCCC1. The normalized spacial score (nSPS) is 21.3. The highest BCUT2D eigenvalue weighted by molar-refractivity contribution is 5.98. The zero-order valence-corrected chi connectivity index (χ0v) is 12.2. The average molecular weight is 290 g/mol. The van der Waals surface area contributed by atoms with Crippen LogP contribution in [0.5, 0.6) is 0 Å². The van der Waals surface area contributed by atoms with Crippen molar-refractivity contribution in [3.8, 4) is 0 Å². The molecule has 1 saturated heterocycles. The lowest BCUT2D eigenvalue weighted by molar-refractivity contribution is -0.121. The van der Waals surface area contributed by atoms with Crippen LogP contribution in [0.1, 0.15) is 25.7 Å². The van der Waals surface area contributed by atoms with Crippen molar-refractivity contribution in [3.05, 3.63) is 18.3 Å². The zero-order chi connectivity index (χ0) is 14.7. The third-order valence-corrected chi connectivity index (χ3v) is 4.29. The molecule has 21 heavy (non-hydrogen) atoms. The Hall–Kier alpha value is -1.66. The molecule has 2 heterocycles. The number of rotatable bonds is 3. The Bertz CT molecular complexity index is 491. The molecule has 0 aromatic carbocycles. The Kier molecular flexibility index (Phi) is 4.07. The molecule has 114 valence electrons. The second kappa shape index (κ2) is 5.99. The minimum Gasteiger partial charge on any atom is -0.378 e. The van der Waals surface area contributed by atoms with Gasteiger partial charge in [-0.3, -0.25) is 4.79 Å². The first-order valence-corrected chi connectivity index (χ1v) is 7.56. The minimum absolute atomic E-state index is 0.0964. The van der Waals surface area contributed by atoms with E-state index in [9.17, 15) is 4.79 Å². The molecule has 0 unspecified atom stereocenters. The standard InChI is InChI=1S/C15H22N4O2/c16-15(5-1-2-6-15)14(20)18-12-3-4-13(17-11-12)19-7-9-21-10-8-19/h3-4,11H,1-2,5-10,16H2,(H,18,20). The third-order valence-electron chi connectivity index (χ3n) is 4.29. The molecule has 1 aliphatic heterocycles. The monoisotopic (exact) mass is 290 g/mol. The molecule has 0 spiro atoms. The molecule has 0 bridgehead atoms. The predicted octanol–water partition coefficient (Wildman–Crippen LogP) is 1.13. The van der Waals surface area contributed by atoms with Crippen LogP contribution in [0.4, 0.5) is 11.5 Å². The number of amides is 1. The fourth-order valence-corrected chi connectivity index (χ4v) is 2.93. The van der Waals surface area contributed by atoms with Gasteiger partial charge in [-0.2, -0.15) is 0 Å². The number of ether oxygens (including phenoxy) is 1. The van der Waals surface area contributed by atoms with Gasteiger partial charge in [0.15, 0.2) is 0 Å². The summed E-state index contributed by atoms with van der Waals surface area (Å²) in [6.07, 6.45) is 5.27. The number of carbonyl (C=O) groups excluding carboxylic acids is 1. The number of nitrogens with zero attached hydrogens (tertiary/aromatic N) is 2. The molecule has 2 fully saturated rings. The van der Waals surface area contributed by atoms with E-state index < -0.39 is 5.54 Å². The van der Waals surface area contributed by atoms with E-state index in [4.69, 9.17) is 10.5 Å². The number of carbonyl (C=O) groups is 1. The van der Waals surface area contributed by atoms with Crippen molar-refractivity contribution >= 4 is 17.4 Å². The Balaban J connectivity index is 1.62. The summed E-state index contributed by atoms with van der Waals surface area (Å²) < 4.78 is 5.33. The van der Waals surface area contributed by atoms with E-state index >= 15 is 0 Å². The Morgan fingerprint density at radius 2 is 2.00 bits per heavy atom. The van der Waals surface area contributed by atoms with Crippen molar-refractivity contribution in [1.29, 1.82) is 0 Å². The fourth-order valence-electron chi connectivity index (χ4n) is 2.93. The van der Waals surface area contributed by atoms with Gasteiger partial charge in [-0.1, -0.05) is 12.8 Å². The van der Waals surface area contributed by atoms with Gasteiger partial charge in [-0.15, -0.1) is 0 Å². The molecule has 6 nitrogen and oxygen atoms in total. The number of nitrogens with two attached hydrogens (primary N) is 1. The maximum atomic E-state index is 12.2. The second-order valence-corrected chi connectivity index (χ2v) is 5.82. The van der Waals surface area contributed by atoms with Crippen LogP contribution in [0.25, 0.3) is 0 Å². The quantitative estimate of drug-likeness (QED) is 0.872. The van der Waals surface area contributed by atoms with E-state index in [1.165, 1.54) is 0 Å². The lowest BCUT2D eigenvalue weighted by Crippen LogP contribution is -2.48. The smallest absolute Gasteiger partial charge is 0.244 e. The van der Waals surface area contributed by atoms with Crippen LogP contribution in [0, 0.1) is 0 Å². The highest BCUT2D eigenvalue weighted by Gasteiger charge is 2.36. The Morgan fingerprint density at radius 3 is 2.62 bits per heavy atom. The molecule has 0 atom stereocenters. The van der Waals surface area contributed by atoms with Crippen molar-refractivity contribution in [3.63, 3.8) is 0 Å². The first-order chi connectivity index (χ1) is 10.2. The molecule has 1 aromatic rings. The minimum atomic E-state index is -0.705. The van der Waals surface area contributed by atoms with Crippen LogP contribution in [0.2, 0.25) is 0 Å². The van der Waals surface area contributed by atoms with E-state index in [2.05, 4.69) is 15.2 Å². The van der Waals surface area contributed by atoms with Gasteiger partial charge in [0.1, 0.15) is 5.82 Å². The highest BCUT2D eigenvalue weighted by atomic mass is 16.5. The molecular weight excluding hydrogens is 268 g/mol. The van der Waals surface area contributed by atoms with E-state index in [0.29, 0.717) is 5.69 Å². The number of morpholine rings is 1. The van der Waals surface area contributed by atoms with Gasteiger partial charge >= 0.3 is 0 Å². The highest BCUT2D eigenvalue weighted by Crippen LogP contribution is 2.28. The molecule has 1 aromatic heterocycles. The van der Waals surface area contributed by atoms with E-state index in [1.54, 1.807) is 6.20 Å². The zero-order valence-electron chi connectivity index (χ0n) is 12.2. The van der Waals surface area contributed by atoms with Crippen LogP contribution in [0.3, 0.4) is 0 Å². The van der Waals surface area contributed by atoms with Crippen LogP contribution >= 0.6 is 0 Å². The lowest BCUT2D eigenvalue weighted by Gasteiger charge is -2.28. The molecule has 6 heteroatoms. The van der Waals surface area contributed by atoms with Gasteiger partial charge in [0.25, 0.3) is 0 Å². The summed E-state index contributed by atoms with van der Waals surface area (Å²) in [6, 6.07) is 3.81. The number of aromatic nitrogens is 1. The number of hydrogen-bond donors (Lipinski definition) is 2. The topological polar surface area (TPSA) is 80.5 Å². The van der Waals surface area contributed by atoms with Crippen molar-refractivity contribution in [2.45, 2.75) is 31.2 Å². The van der Waals surface area contributed by atoms with Crippen molar-refractivity contribution in [2.24, 2.45) is 5.73 Å². The molecule has 0 radical (unpaired) electrons. The summed E-state index contributed by atoms with van der Waals surface area (Å²) >= 11 is 0. The second-order valence-electron chi connectivity index (χ2n) is 5.82. The van der Waals surface area contributed by atoms with Gasteiger partial charge in [-0.05, 0) is 25.0 Å². The summed E-state index contributed by atoms with van der Waals surface area (Å²) in [6.45, 7) is 3.17. The average Bonchev–Trinajstić information content (AvgIpc) is 2.97. The summed E-state index contributed by atoms with van der Waals surface area (Å²) in [4.78, 5) is 18.8. The van der Waals surface area contributed by atoms with E-state index in [1.807, 2.05) is 12.1 Å². The van der Waals surface area contributed by atoms with E-state index in [0.717, 1.165) is 57.8 Å². The van der Waals surface area contributed by atoms with Gasteiger partial charge in [-0.25, -0.2) is 4.98 Å². The molecule has 1 saturated carbocycles. The lowest BCUT2D eigenvalue weighted by atomic mass is 9.98. The van der Waals surface area contributed by atoms with Crippen molar-refractivity contribution in [1.82, 2.24) is 4.98 Å². The summed E-state index contributed by atoms with van der Waals surface area (Å²) in [5.41, 5.74) is 6.14. The number of nitrogens with one attached hydrogen (secondary N) is 1. The van der Waals surface area contributed by atoms with E-state index in [-0.39, 0.29) is 5.91 Å². The summed E-state index contributed by atoms with van der Waals surface area (Å²) in [5, 5.41) is 2.88. The van der Waals surface area contributed by atoms with Crippen LogP contribution in [0.15, 0.2) is 18.3 Å². The molecule has 1 aliphatic carbocycles. The van der Waals surface area contributed by atoms with Crippen LogP contribution in [-0.2, 0) is 9.53 Å². The fraction of sp³-hybridized carbons (Fsp3) is 0.600. The Labute approximate surface area is 124 Å². The molecule has 3 N–H and O–H groups in total. The largest absolute Gasteiger partial charge is 0.378 e. The van der Waals surface area contributed by atoms with Gasteiger partial charge in [0, 0.05) is 13.1 Å². The van der Waals surface area contributed by atoms with Crippen molar-refractivity contribution < 1.29 is 9.53 Å². The predicted molar refractivity (Wildman–Crippen MR) is 81.3 cm³/mol. The molecule has 3 rings (SSSR count). The number of pyridine rings is 1. The third kappa shape index (κ3) is 3.16. The van der Waals surface area contributed by atoms with Crippen LogP contribution < -0.4 is 16.0 Å². The molecule has 1 amide bonds. The van der Waals surface area contributed by atoms with Crippen molar-refractivity contribution in [2.75, 3.05) is 36.5 Å².